The third-order valence-electron chi connectivity index (χ3n) is 2.94. The van der Waals surface area contributed by atoms with Gasteiger partial charge in [-0.1, -0.05) is 0 Å². The third kappa shape index (κ3) is 5.75. The molecule has 0 bridgehead atoms. The van der Waals surface area contributed by atoms with Crippen LogP contribution < -0.4 is 0 Å². The molecule has 1 aliphatic rings. The van der Waals surface area contributed by atoms with Crippen LogP contribution >= 0.6 is 15.9 Å². The molecule has 10 heteroatoms. The van der Waals surface area contributed by atoms with Crippen LogP contribution in [0.3, 0.4) is 0 Å². The molecule has 0 amide bonds. The molecular formula is C14H19BrO9. The van der Waals surface area contributed by atoms with E-state index in [4.69, 9.17) is 23.7 Å². The van der Waals surface area contributed by atoms with Gasteiger partial charge in [-0.2, -0.15) is 0 Å². The lowest BCUT2D eigenvalue weighted by Gasteiger charge is -2.44. The minimum atomic E-state index is -1.54. The minimum Gasteiger partial charge on any atom is -0.463 e. The summed E-state index contributed by atoms with van der Waals surface area (Å²) in [6.45, 7) is 4.25. The lowest BCUT2D eigenvalue weighted by atomic mass is 9.99. The van der Waals surface area contributed by atoms with Gasteiger partial charge in [-0.25, -0.2) is 0 Å². The van der Waals surface area contributed by atoms with Crippen LogP contribution in [-0.2, 0) is 42.9 Å². The molecule has 0 N–H and O–H groups in total. The fraction of sp³-hybridized carbons (Fsp3) is 0.714. The molecule has 24 heavy (non-hydrogen) atoms. The number of carbonyl (C=O) groups is 4. The van der Waals surface area contributed by atoms with Crippen LogP contribution in [0.5, 0.6) is 0 Å². The van der Waals surface area contributed by atoms with Crippen LogP contribution in [-0.4, -0.2) is 59.9 Å². The Hall–Kier alpha value is -1.68. The molecule has 0 aromatic carbocycles. The Morgan fingerprint density at radius 1 is 1.00 bits per heavy atom. The van der Waals surface area contributed by atoms with Gasteiger partial charge in [0.2, 0.25) is 4.51 Å². The van der Waals surface area contributed by atoms with Crippen LogP contribution in [0.1, 0.15) is 27.7 Å². The number of alkyl halides is 1. The van der Waals surface area contributed by atoms with Crippen LogP contribution in [0.2, 0.25) is 0 Å². The number of carbonyl (C=O) groups excluding carboxylic acids is 4. The van der Waals surface area contributed by atoms with Gasteiger partial charge in [-0.15, -0.1) is 0 Å². The van der Waals surface area contributed by atoms with Crippen molar-refractivity contribution in [2.45, 2.75) is 50.5 Å². The molecule has 0 spiro atoms. The molecule has 0 aromatic rings. The van der Waals surface area contributed by atoms with E-state index in [1.165, 1.54) is 13.8 Å². The van der Waals surface area contributed by atoms with Crippen molar-refractivity contribution >= 4 is 39.8 Å². The molecule has 0 radical (unpaired) electrons. The van der Waals surface area contributed by atoms with E-state index in [1.807, 2.05) is 0 Å². The Morgan fingerprint density at radius 2 is 1.58 bits per heavy atom. The van der Waals surface area contributed by atoms with E-state index in [1.54, 1.807) is 0 Å². The molecule has 136 valence electrons. The van der Waals surface area contributed by atoms with Gasteiger partial charge in [0, 0.05) is 27.7 Å². The minimum absolute atomic E-state index is 0.214. The summed E-state index contributed by atoms with van der Waals surface area (Å²) in [6, 6.07) is 0. The smallest absolute Gasteiger partial charge is 0.304 e. The highest BCUT2D eigenvalue weighted by Gasteiger charge is 2.56. The SMILES string of the molecule is CC(=O)OCC1OCC(Br)(OC(C)=O)C(OC(C)=O)C1OC(C)=O. The molecule has 0 aromatic heterocycles. The zero-order valence-electron chi connectivity index (χ0n) is 13.7. The molecule has 1 saturated heterocycles. The lowest BCUT2D eigenvalue weighted by Crippen LogP contribution is -2.63. The number of rotatable bonds is 5. The standard InChI is InChI=1S/C14H19BrO9/c1-7(16)20-5-11-12(22-8(2)17)13(23-9(3)18)14(15,6-21-11)24-10(4)19/h11-13H,5-6H2,1-4H3. The van der Waals surface area contributed by atoms with E-state index in [0.29, 0.717) is 0 Å². The van der Waals surface area contributed by atoms with Crippen LogP contribution in [0.4, 0.5) is 0 Å². The van der Waals surface area contributed by atoms with Crippen molar-refractivity contribution in [1.29, 1.82) is 0 Å². The maximum absolute atomic E-state index is 11.4. The van der Waals surface area contributed by atoms with Gasteiger partial charge in [0.05, 0.1) is 0 Å². The molecule has 1 fully saturated rings. The van der Waals surface area contributed by atoms with E-state index in [-0.39, 0.29) is 13.2 Å². The zero-order chi connectivity index (χ0) is 18.5. The fourth-order valence-corrected chi connectivity index (χ4v) is 2.88. The molecule has 0 aliphatic carbocycles. The first kappa shape index (κ1) is 20.4. The number of ether oxygens (including phenoxy) is 5. The van der Waals surface area contributed by atoms with Crippen LogP contribution in [0, 0.1) is 0 Å². The van der Waals surface area contributed by atoms with E-state index in [2.05, 4.69) is 15.9 Å². The van der Waals surface area contributed by atoms with Gasteiger partial charge in [0.1, 0.15) is 19.3 Å². The molecule has 9 nitrogen and oxygen atoms in total. The summed E-state index contributed by atoms with van der Waals surface area (Å²) in [7, 11) is 0. The summed E-state index contributed by atoms with van der Waals surface area (Å²) in [4.78, 5) is 45.2. The Balaban J connectivity index is 3.13. The number of esters is 4. The predicted molar refractivity (Wildman–Crippen MR) is 80.9 cm³/mol. The molecule has 0 saturated carbocycles. The summed E-state index contributed by atoms with van der Waals surface area (Å²) in [6.07, 6.45) is -3.25. The number of halogens is 1. The van der Waals surface area contributed by atoms with E-state index in [0.717, 1.165) is 13.8 Å². The van der Waals surface area contributed by atoms with Gasteiger partial charge in [0.15, 0.2) is 12.2 Å². The second-order valence-electron chi connectivity index (χ2n) is 5.14. The van der Waals surface area contributed by atoms with Crippen LogP contribution in [0.15, 0.2) is 0 Å². The average molecular weight is 411 g/mol. The molecule has 1 aliphatic heterocycles. The molecule has 1 rings (SSSR count). The number of hydrogen-bond donors (Lipinski definition) is 0. The maximum Gasteiger partial charge on any atom is 0.304 e. The highest BCUT2D eigenvalue weighted by molar-refractivity contribution is 9.10. The van der Waals surface area contributed by atoms with Crippen molar-refractivity contribution < 1.29 is 42.9 Å². The van der Waals surface area contributed by atoms with Gasteiger partial charge >= 0.3 is 23.9 Å². The normalized spacial score (nSPS) is 29.3. The predicted octanol–water partition coefficient (Wildman–Crippen LogP) is 0.466. The first-order valence-corrected chi connectivity index (χ1v) is 7.82. The Kier molecular flexibility index (Phi) is 7.15. The zero-order valence-corrected chi connectivity index (χ0v) is 15.3. The van der Waals surface area contributed by atoms with Crippen molar-refractivity contribution in [3.05, 3.63) is 0 Å². The second-order valence-corrected chi connectivity index (χ2v) is 6.48. The quantitative estimate of drug-likeness (QED) is 0.362. The average Bonchev–Trinajstić information content (AvgIpc) is 2.40. The maximum atomic E-state index is 11.4. The van der Waals surface area contributed by atoms with Crippen molar-refractivity contribution in [2.75, 3.05) is 13.2 Å². The molecular weight excluding hydrogens is 392 g/mol. The summed E-state index contributed by atoms with van der Waals surface area (Å²) in [5.74, 6) is -2.57. The van der Waals surface area contributed by atoms with Crippen molar-refractivity contribution in [3.8, 4) is 0 Å². The first-order valence-electron chi connectivity index (χ1n) is 7.03. The van der Waals surface area contributed by atoms with E-state index in [9.17, 15) is 19.2 Å². The van der Waals surface area contributed by atoms with E-state index >= 15 is 0 Å². The monoisotopic (exact) mass is 410 g/mol. The van der Waals surface area contributed by atoms with Gasteiger partial charge in [0.25, 0.3) is 0 Å². The topological polar surface area (TPSA) is 114 Å². The van der Waals surface area contributed by atoms with E-state index < -0.39 is 46.7 Å². The summed E-state index contributed by atoms with van der Waals surface area (Å²) in [5, 5.41) is 0. The van der Waals surface area contributed by atoms with Crippen molar-refractivity contribution in [2.24, 2.45) is 0 Å². The first-order chi connectivity index (χ1) is 11.0. The number of hydrogen-bond acceptors (Lipinski definition) is 9. The Morgan fingerprint density at radius 3 is 2.04 bits per heavy atom. The molecule has 4 unspecified atom stereocenters. The Labute approximate surface area is 147 Å². The summed E-state index contributed by atoms with van der Waals surface area (Å²) in [5.41, 5.74) is 0. The third-order valence-corrected chi connectivity index (χ3v) is 3.79. The summed E-state index contributed by atoms with van der Waals surface area (Å²) < 4.78 is 24.4. The summed E-state index contributed by atoms with van der Waals surface area (Å²) >= 11 is 3.19. The van der Waals surface area contributed by atoms with Crippen molar-refractivity contribution in [1.82, 2.24) is 0 Å². The van der Waals surface area contributed by atoms with Gasteiger partial charge in [-0.3, -0.25) is 19.2 Å². The highest BCUT2D eigenvalue weighted by Crippen LogP contribution is 2.37. The molecule has 4 atom stereocenters. The largest absolute Gasteiger partial charge is 0.463 e. The highest BCUT2D eigenvalue weighted by atomic mass is 79.9. The lowest BCUT2D eigenvalue weighted by molar-refractivity contribution is -0.237. The second kappa shape index (κ2) is 8.43. The molecule has 1 heterocycles. The van der Waals surface area contributed by atoms with Crippen LogP contribution in [0.25, 0.3) is 0 Å². The van der Waals surface area contributed by atoms with Crippen molar-refractivity contribution in [3.63, 3.8) is 0 Å². The Bertz CT molecular complexity index is 520. The fourth-order valence-electron chi connectivity index (χ4n) is 2.17. The van der Waals surface area contributed by atoms with Gasteiger partial charge < -0.3 is 23.7 Å². The van der Waals surface area contributed by atoms with Gasteiger partial charge in [-0.05, 0) is 15.9 Å².